The summed E-state index contributed by atoms with van der Waals surface area (Å²) in [4.78, 5) is 11.2. The summed E-state index contributed by atoms with van der Waals surface area (Å²) in [5.74, 6) is -0.364. The molecule has 0 aliphatic rings. The molecule has 0 aliphatic carbocycles. The number of imidazole rings is 1. The SMILES string of the molecule is Fc1cnc2[nH]cc(-c3ccc4nccn4n3)c2c1. The van der Waals surface area contributed by atoms with E-state index in [0.29, 0.717) is 11.0 Å². The molecule has 0 saturated heterocycles. The zero-order valence-corrected chi connectivity index (χ0v) is 9.71. The summed E-state index contributed by atoms with van der Waals surface area (Å²) in [6.07, 6.45) is 6.42. The van der Waals surface area contributed by atoms with Crippen molar-refractivity contribution in [3.8, 4) is 11.3 Å². The molecular weight excluding hydrogens is 245 g/mol. The van der Waals surface area contributed by atoms with Gasteiger partial charge in [0.25, 0.3) is 0 Å². The van der Waals surface area contributed by atoms with Gasteiger partial charge < -0.3 is 4.98 Å². The van der Waals surface area contributed by atoms with E-state index in [0.717, 1.165) is 16.9 Å². The lowest BCUT2D eigenvalue weighted by Crippen LogP contribution is -1.92. The minimum atomic E-state index is -0.364. The fourth-order valence-electron chi connectivity index (χ4n) is 2.15. The van der Waals surface area contributed by atoms with Crippen LogP contribution in [0.4, 0.5) is 4.39 Å². The van der Waals surface area contributed by atoms with Crippen molar-refractivity contribution in [3.05, 3.63) is 48.8 Å². The van der Waals surface area contributed by atoms with Crippen LogP contribution >= 0.6 is 0 Å². The Morgan fingerprint density at radius 2 is 2.16 bits per heavy atom. The molecule has 5 nitrogen and oxygen atoms in total. The van der Waals surface area contributed by atoms with Gasteiger partial charge in [0, 0.05) is 29.5 Å². The number of nitrogens with zero attached hydrogens (tertiary/aromatic N) is 4. The Bertz CT molecular complexity index is 892. The molecule has 92 valence electrons. The third-order valence-corrected chi connectivity index (χ3v) is 3.03. The summed E-state index contributed by atoms with van der Waals surface area (Å²) in [6, 6.07) is 5.18. The van der Waals surface area contributed by atoms with Gasteiger partial charge in [-0.3, -0.25) is 0 Å². The number of H-pyrrole nitrogens is 1. The molecule has 0 aromatic carbocycles. The highest BCUT2D eigenvalue weighted by Gasteiger charge is 2.10. The number of fused-ring (bicyclic) bond motifs is 2. The summed E-state index contributed by atoms with van der Waals surface area (Å²) < 4.78 is 15.0. The van der Waals surface area contributed by atoms with Crippen LogP contribution in [0.2, 0.25) is 0 Å². The van der Waals surface area contributed by atoms with Gasteiger partial charge in [0.1, 0.15) is 11.5 Å². The van der Waals surface area contributed by atoms with E-state index in [1.165, 1.54) is 12.3 Å². The maximum Gasteiger partial charge on any atom is 0.153 e. The quantitative estimate of drug-likeness (QED) is 0.566. The number of hydrogen-bond donors (Lipinski definition) is 1. The van der Waals surface area contributed by atoms with E-state index >= 15 is 0 Å². The summed E-state index contributed by atoms with van der Waals surface area (Å²) in [5, 5.41) is 5.16. The van der Waals surface area contributed by atoms with Crippen molar-refractivity contribution in [3.63, 3.8) is 0 Å². The Morgan fingerprint density at radius 1 is 1.21 bits per heavy atom. The molecule has 4 aromatic heterocycles. The molecule has 0 atom stereocenters. The van der Waals surface area contributed by atoms with Crippen molar-refractivity contribution >= 4 is 16.7 Å². The largest absolute Gasteiger partial charge is 0.345 e. The zero-order valence-electron chi connectivity index (χ0n) is 9.71. The zero-order chi connectivity index (χ0) is 12.8. The highest BCUT2D eigenvalue weighted by molar-refractivity contribution is 5.92. The van der Waals surface area contributed by atoms with Gasteiger partial charge in [-0.25, -0.2) is 18.9 Å². The van der Waals surface area contributed by atoms with Crippen LogP contribution in [-0.2, 0) is 0 Å². The van der Waals surface area contributed by atoms with Crippen LogP contribution in [-0.4, -0.2) is 24.6 Å². The number of aromatic amines is 1. The van der Waals surface area contributed by atoms with Crippen LogP contribution in [0.3, 0.4) is 0 Å². The van der Waals surface area contributed by atoms with Crippen molar-refractivity contribution in [2.75, 3.05) is 0 Å². The summed E-state index contributed by atoms with van der Waals surface area (Å²) >= 11 is 0. The predicted molar refractivity (Wildman–Crippen MR) is 68.0 cm³/mol. The fraction of sp³-hybridized carbons (Fsp3) is 0. The van der Waals surface area contributed by atoms with E-state index in [9.17, 15) is 4.39 Å². The van der Waals surface area contributed by atoms with Gasteiger partial charge in [0.05, 0.1) is 11.9 Å². The lowest BCUT2D eigenvalue weighted by molar-refractivity contribution is 0.624. The summed E-state index contributed by atoms with van der Waals surface area (Å²) in [7, 11) is 0. The normalized spacial score (nSPS) is 11.4. The molecule has 0 radical (unpaired) electrons. The Hall–Kier alpha value is -2.76. The van der Waals surface area contributed by atoms with Gasteiger partial charge in [-0.2, -0.15) is 5.10 Å². The molecular formula is C13H8FN5. The molecule has 4 heterocycles. The number of hydrogen-bond acceptors (Lipinski definition) is 3. The van der Waals surface area contributed by atoms with Crippen molar-refractivity contribution in [1.82, 2.24) is 24.6 Å². The van der Waals surface area contributed by atoms with Crippen molar-refractivity contribution < 1.29 is 4.39 Å². The first kappa shape index (κ1) is 10.2. The van der Waals surface area contributed by atoms with E-state index in [4.69, 9.17) is 0 Å². The van der Waals surface area contributed by atoms with Crippen LogP contribution < -0.4 is 0 Å². The topological polar surface area (TPSA) is 58.9 Å². The third kappa shape index (κ3) is 1.50. The first-order valence-electron chi connectivity index (χ1n) is 5.75. The van der Waals surface area contributed by atoms with E-state index in [-0.39, 0.29) is 5.82 Å². The standard InChI is InChI=1S/C13H8FN5/c14-8-5-9-10(7-17-13(9)16-6-8)11-1-2-12-15-3-4-19(12)18-11/h1-7H,(H,16,17). The second-order valence-corrected chi connectivity index (χ2v) is 4.20. The number of nitrogens with one attached hydrogen (secondary N) is 1. The Morgan fingerprint density at radius 3 is 3.11 bits per heavy atom. The smallest absolute Gasteiger partial charge is 0.153 e. The van der Waals surface area contributed by atoms with Crippen LogP contribution in [0.1, 0.15) is 0 Å². The van der Waals surface area contributed by atoms with Gasteiger partial charge in [-0.05, 0) is 18.2 Å². The lowest BCUT2D eigenvalue weighted by atomic mass is 10.1. The first-order chi connectivity index (χ1) is 9.31. The van der Waals surface area contributed by atoms with Crippen LogP contribution in [0.25, 0.3) is 27.9 Å². The molecule has 0 saturated carbocycles. The molecule has 0 spiro atoms. The summed E-state index contributed by atoms with van der Waals surface area (Å²) in [5.41, 5.74) is 2.97. The lowest BCUT2D eigenvalue weighted by Gasteiger charge is -2.00. The molecule has 1 N–H and O–H groups in total. The molecule has 4 rings (SSSR count). The fourth-order valence-corrected chi connectivity index (χ4v) is 2.15. The number of pyridine rings is 1. The minimum absolute atomic E-state index is 0.364. The van der Waals surface area contributed by atoms with Crippen LogP contribution in [0.15, 0.2) is 43.0 Å². The molecule has 0 fully saturated rings. The Kier molecular flexibility index (Phi) is 1.94. The average molecular weight is 253 g/mol. The van der Waals surface area contributed by atoms with E-state index in [1.807, 2.05) is 12.1 Å². The number of halogens is 1. The highest BCUT2D eigenvalue weighted by Crippen LogP contribution is 2.26. The van der Waals surface area contributed by atoms with Crippen molar-refractivity contribution in [1.29, 1.82) is 0 Å². The number of rotatable bonds is 1. The number of aromatic nitrogens is 5. The second kappa shape index (κ2) is 3.61. The van der Waals surface area contributed by atoms with Gasteiger partial charge >= 0.3 is 0 Å². The second-order valence-electron chi connectivity index (χ2n) is 4.20. The van der Waals surface area contributed by atoms with Gasteiger partial charge in [0.2, 0.25) is 0 Å². The molecule has 0 amide bonds. The van der Waals surface area contributed by atoms with E-state index in [1.54, 1.807) is 23.1 Å². The van der Waals surface area contributed by atoms with Gasteiger partial charge in [-0.15, -0.1) is 0 Å². The van der Waals surface area contributed by atoms with Crippen molar-refractivity contribution in [2.45, 2.75) is 0 Å². The van der Waals surface area contributed by atoms with Crippen molar-refractivity contribution in [2.24, 2.45) is 0 Å². The molecule has 19 heavy (non-hydrogen) atoms. The molecule has 0 aliphatic heterocycles. The highest BCUT2D eigenvalue weighted by atomic mass is 19.1. The van der Waals surface area contributed by atoms with Gasteiger partial charge in [0.15, 0.2) is 5.65 Å². The third-order valence-electron chi connectivity index (χ3n) is 3.03. The maximum atomic E-state index is 13.3. The molecule has 4 aromatic rings. The van der Waals surface area contributed by atoms with Gasteiger partial charge in [-0.1, -0.05) is 0 Å². The first-order valence-corrected chi connectivity index (χ1v) is 5.75. The average Bonchev–Trinajstić information content (AvgIpc) is 3.03. The molecule has 6 heteroatoms. The van der Waals surface area contributed by atoms with Crippen LogP contribution in [0.5, 0.6) is 0 Å². The molecule has 0 unspecified atom stereocenters. The Balaban J connectivity index is 2.00. The van der Waals surface area contributed by atoms with Crippen LogP contribution in [0, 0.1) is 5.82 Å². The molecule has 0 bridgehead atoms. The maximum absolute atomic E-state index is 13.3. The monoisotopic (exact) mass is 253 g/mol. The predicted octanol–water partition coefficient (Wildman–Crippen LogP) is 2.41. The van der Waals surface area contributed by atoms with E-state index < -0.39 is 0 Å². The van der Waals surface area contributed by atoms with E-state index in [2.05, 4.69) is 20.1 Å². The Labute approximate surface area is 106 Å². The summed E-state index contributed by atoms with van der Waals surface area (Å²) in [6.45, 7) is 0. The minimum Gasteiger partial charge on any atom is -0.345 e.